The molecule has 0 spiro atoms. The highest BCUT2D eigenvalue weighted by Crippen LogP contribution is 2.32. The van der Waals surface area contributed by atoms with Crippen LogP contribution in [0.1, 0.15) is 18.6 Å². The Hall–Kier alpha value is -1.52. The third kappa shape index (κ3) is 3.28. The van der Waals surface area contributed by atoms with Gasteiger partial charge in [0.15, 0.2) is 0 Å². The van der Waals surface area contributed by atoms with E-state index in [9.17, 15) is 9.50 Å². The molecule has 19 heavy (non-hydrogen) atoms. The lowest BCUT2D eigenvalue weighted by molar-refractivity contribution is 0.190. The Morgan fingerprint density at radius 2 is 1.84 bits per heavy atom. The Balaban J connectivity index is 2.29. The van der Waals surface area contributed by atoms with Crippen molar-refractivity contribution in [3.8, 4) is 11.5 Å². The number of halogens is 1. The third-order valence-electron chi connectivity index (χ3n) is 2.72. The van der Waals surface area contributed by atoms with Crippen molar-refractivity contribution in [2.24, 2.45) is 0 Å². The van der Waals surface area contributed by atoms with Gasteiger partial charge >= 0.3 is 0 Å². The van der Waals surface area contributed by atoms with Crippen molar-refractivity contribution in [3.63, 3.8) is 0 Å². The molecule has 2 aromatic carbocycles. The molecule has 0 amide bonds. The Bertz CT molecular complexity index is 553. The van der Waals surface area contributed by atoms with Gasteiger partial charge < -0.3 is 9.84 Å². The van der Waals surface area contributed by atoms with Crippen molar-refractivity contribution in [2.75, 3.05) is 6.26 Å². The van der Waals surface area contributed by atoms with Gasteiger partial charge in [0.05, 0.1) is 11.7 Å². The molecule has 0 unspecified atom stereocenters. The summed E-state index contributed by atoms with van der Waals surface area (Å²) in [5.74, 6) is 0.491. The molecule has 0 heterocycles. The summed E-state index contributed by atoms with van der Waals surface area (Å²) in [7, 11) is 0. The molecule has 2 aromatic rings. The number of aliphatic hydroxyl groups excluding tert-OH is 1. The molecule has 0 fully saturated rings. The number of thioether (sulfide) groups is 1. The number of hydrogen-bond donors (Lipinski definition) is 1. The van der Waals surface area contributed by atoms with Crippen LogP contribution in [-0.4, -0.2) is 11.4 Å². The third-order valence-corrected chi connectivity index (χ3v) is 3.46. The summed E-state index contributed by atoms with van der Waals surface area (Å²) in [5, 5.41) is 9.62. The van der Waals surface area contributed by atoms with Gasteiger partial charge in [-0.15, -0.1) is 11.8 Å². The highest BCUT2D eigenvalue weighted by Gasteiger charge is 2.15. The number of benzene rings is 2. The highest BCUT2D eigenvalue weighted by atomic mass is 32.2. The second-order valence-electron chi connectivity index (χ2n) is 4.11. The maximum Gasteiger partial charge on any atom is 0.136 e. The molecule has 0 aliphatic heterocycles. The standard InChI is InChI=1S/C15H15FO2S/c1-10(17)15-13(16)4-3-5-14(15)18-11-6-8-12(19-2)9-7-11/h3-10,17H,1-2H3/t10-/m1/s1. The van der Waals surface area contributed by atoms with Crippen LogP contribution in [0.2, 0.25) is 0 Å². The minimum absolute atomic E-state index is 0.177. The minimum Gasteiger partial charge on any atom is -0.457 e. The predicted octanol–water partition coefficient (Wildman–Crippen LogP) is 4.39. The summed E-state index contributed by atoms with van der Waals surface area (Å²) in [4.78, 5) is 1.13. The van der Waals surface area contributed by atoms with E-state index >= 15 is 0 Å². The number of hydrogen-bond acceptors (Lipinski definition) is 3. The van der Waals surface area contributed by atoms with E-state index in [4.69, 9.17) is 4.74 Å². The Kier molecular flexibility index (Phi) is 4.45. The molecular weight excluding hydrogens is 263 g/mol. The molecule has 1 N–H and O–H groups in total. The quantitative estimate of drug-likeness (QED) is 0.841. The maximum atomic E-state index is 13.7. The topological polar surface area (TPSA) is 29.5 Å². The Morgan fingerprint density at radius 3 is 2.42 bits per heavy atom. The molecule has 2 rings (SSSR count). The van der Waals surface area contributed by atoms with Gasteiger partial charge in [0, 0.05) is 4.90 Å². The van der Waals surface area contributed by atoms with Crippen molar-refractivity contribution in [1.82, 2.24) is 0 Å². The highest BCUT2D eigenvalue weighted by molar-refractivity contribution is 7.98. The van der Waals surface area contributed by atoms with Gasteiger partial charge in [-0.25, -0.2) is 4.39 Å². The average Bonchev–Trinajstić information content (AvgIpc) is 2.39. The zero-order chi connectivity index (χ0) is 13.8. The van der Waals surface area contributed by atoms with Crippen molar-refractivity contribution in [3.05, 3.63) is 53.8 Å². The van der Waals surface area contributed by atoms with Crippen LogP contribution in [0.3, 0.4) is 0 Å². The van der Waals surface area contributed by atoms with Crippen molar-refractivity contribution >= 4 is 11.8 Å². The minimum atomic E-state index is -0.915. The van der Waals surface area contributed by atoms with Gasteiger partial charge in [0.25, 0.3) is 0 Å². The number of ether oxygens (including phenoxy) is 1. The number of rotatable bonds is 4. The summed E-state index contributed by atoms with van der Waals surface area (Å²) in [6.45, 7) is 1.52. The van der Waals surface area contributed by atoms with Crippen molar-refractivity contribution in [2.45, 2.75) is 17.9 Å². The predicted molar refractivity (Wildman–Crippen MR) is 75.3 cm³/mol. The number of aliphatic hydroxyl groups is 1. The van der Waals surface area contributed by atoms with Crippen LogP contribution in [0.5, 0.6) is 11.5 Å². The lowest BCUT2D eigenvalue weighted by Gasteiger charge is -2.14. The average molecular weight is 278 g/mol. The van der Waals surface area contributed by atoms with Gasteiger partial charge in [-0.05, 0) is 49.6 Å². The molecule has 2 nitrogen and oxygen atoms in total. The van der Waals surface area contributed by atoms with E-state index in [2.05, 4.69) is 0 Å². The molecule has 0 aliphatic carbocycles. The van der Waals surface area contributed by atoms with E-state index in [-0.39, 0.29) is 5.56 Å². The van der Waals surface area contributed by atoms with Gasteiger partial charge in [-0.2, -0.15) is 0 Å². The summed E-state index contributed by atoms with van der Waals surface area (Å²) < 4.78 is 19.3. The van der Waals surface area contributed by atoms with E-state index in [0.717, 1.165) is 4.90 Å². The van der Waals surface area contributed by atoms with Gasteiger partial charge in [0.1, 0.15) is 17.3 Å². The van der Waals surface area contributed by atoms with Crippen LogP contribution < -0.4 is 4.74 Å². The molecule has 0 aromatic heterocycles. The van der Waals surface area contributed by atoms with Crippen LogP contribution >= 0.6 is 11.8 Å². The fraction of sp³-hybridized carbons (Fsp3) is 0.200. The van der Waals surface area contributed by atoms with Crippen LogP contribution in [0.25, 0.3) is 0 Å². The molecule has 0 saturated carbocycles. The zero-order valence-electron chi connectivity index (χ0n) is 10.8. The van der Waals surface area contributed by atoms with Gasteiger partial charge in [-0.1, -0.05) is 6.07 Å². The van der Waals surface area contributed by atoms with Gasteiger partial charge in [-0.3, -0.25) is 0 Å². The molecule has 0 radical (unpaired) electrons. The Labute approximate surface area is 116 Å². The van der Waals surface area contributed by atoms with E-state index in [1.165, 1.54) is 13.0 Å². The Morgan fingerprint density at radius 1 is 1.16 bits per heavy atom. The van der Waals surface area contributed by atoms with E-state index in [0.29, 0.717) is 11.5 Å². The first kappa shape index (κ1) is 13.9. The summed E-state index contributed by atoms with van der Waals surface area (Å²) in [6.07, 6.45) is 1.08. The fourth-order valence-corrected chi connectivity index (χ4v) is 2.19. The first-order chi connectivity index (χ1) is 9.11. The SMILES string of the molecule is CSc1ccc(Oc2cccc(F)c2[C@@H](C)O)cc1. The van der Waals surface area contributed by atoms with E-state index in [1.807, 2.05) is 30.5 Å². The lowest BCUT2D eigenvalue weighted by atomic mass is 10.1. The van der Waals surface area contributed by atoms with Crippen LogP contribution in [-0.2, 0) is 0 Å². The van der Waals surface area contributed by atoms with E-state index < -0.39 is 11.9 Å². The lowest BCUT2D eigenvalue weighted by Crippen LogP contribution is -1.99. The summed E-state index contributed by atoms with van der Waals surface area (Å²) in [5.41, 5.74) is 0.177. The summed E-state index contributed by atoms with van der Waals surface area (Å²) >= 11 is 1.64. The summed E-state index contributed by atoms with van der Waals surface area (Å²) in [6, 6.07) is 12.0. The second kappa shape index (κ2) is 6.08. The molecule has 0 bridgehead atoms. The van der Waals surface area contributed by atoms with Crippen molar-refractivity contribution < 1.29 is 14.2 Å². The van der Waals surface area contributed by atoms with Crippen LogP contribution in [0, 0.1) is 5.82 Å². The van der Waals surface area contributed by atoms with Crippen LogP contribution in [0.15, 0.2) is 47.4 Å². The van der Waals surface area contributed by atoms with E-state index in [1.54, 1.807) is 23.9 Å². The first-order valence-corrected chi connectivity index (χ1v) is 7.12. The molecular formula is C15H15FO2S. The van der Waals surface area contributed by atoms with Gasteiger partial charge in [0.2, 0.25) is 0 Å². The zero-order valence-corrected chi connectivity index (χ0v) is 11.6. The molecule has 1 atom stereocenters. The van der Waals surface area contributed by atoms with Crippen molar-refractivity contribution in [1.29, 1.82) is 0 Å². The largest absolute Gasteiger partial charge is 0.457 e. The molecule has 0 saturated heterocycles. The first-order valence-electron chi connectivity index (χ1n) is 5.90. The molecule has 100 valence electrons. The van der Waals surface area contributed by atoms with Crippen LogP contribution in [0.4, 0.5) is 4.39 Å². The monoisotopic (exact) mass is 278 g/mol. The normalized spacial score (nSPS) is 12.2. The maximum absolute atomic E-state index is 13.7. The second-order valence-corrected chi connectivity index (χ2v) is 4.98. The molecule has 0 aliphatic rings. The molecule has 4 heteroatoms. The smallest absolute Gasteiger partial charge is 0.136 e. The fourth-order valence-electron chi connectivity index (χ4n) is 1.78.